The Balaban J connectivity index is 3.02. The third-order valence-corrected chi connectivity index (χ3v) is 2.27. The minimum absolute atomic E-state index is 0.148. The van der Waals surface area contributed by atoms with E-state index in [4.69, 9.17) is 0 Å². The molecular weight excluding hydrogens is 204 g/mol. The molecule has 0 amide bonds. The molecule has 57 valence electrons. The molecule has 1 aromatic rings. The first-order chi connectivity index (χ1) is 5.25. The number of rotatable bonds is 2. The van der Waals surface area contributed by atoms with Crippen molar-refractivity contribution >= 4 is 22.2 Å². The fourth-order valence-corrected chi connectivity index (χ4v) is 1.52. The van der Waals surface area contributed by atoms with Gasteiger partial charge in [-0.2, -0.15) is 0 Å². The van der Waals surface area contributed by atoms with Gasteiger partial charge in [0.05, 0.1) is 0 Å². The van der Waals surface area contributed by atoms with E-state index in [0.29, 0.717) is 0 Å². The molecule has 0 aliphatic rings. The van der Waals surface area contributed by atoms with Gasteiger partial charge in [0.25, 0.3) is 0 Å². The molecule has 1 rings (SSSR count). The van der Waals surface area contributed by atoms with Crippen molar-refractivity contribution in [3.05, 3.63) is 34.3 Å². The minimum atomic E-state index is -0.148. The molecule has 0 aliphatic carbocycles. The van der Waals surface area contributed by atoms with Gasteiger partial charge in [-0.05, 0) is 11.6 Å². The minimum Gasteiger partial charge on any atom is -0.290 e. The van der Waals surface area contributed by atoms with Crippen LogP contribution in [0.15, 0.2) is 28.7 Å². The molecule has 0 N–H and O–H groups in total. The summed E-state index contributed by atoms with van der Waals surface area (Å²) in [6.07, 6.45) is 1.94. The molecule has 0 bridgehead atoms. The van der Waals surface area contributed by atoms with Crippen LogP contribution in [0.3, 0.4) is 0 Å². The number of benzene rings is 1. The van der Waals surface area contributed by atoms with Crippen molar-refractivity contribution in [2.75, 3.05) is 0 Å². The normalized spacial score (nSPS) is 12.5. The summed E-state index contributed by atoms with van der Waals surface area (Å²) in [5, 5.41) is 0. The first kappa shape index (κ1) is 8.47. The molecule has 0 saturated carbocycles. The van der Waals surface area contributed by atoms with Crippen molar-refractivity contribution in [2.45, 2.75) is 12.8 Å². The first-order valence-electron chi connectivity index (χ1n) is 3.38. The summed E-state index contributed by atoms with van der Waals surface area (Å²) < 4.78 is 0.968. The van der Waals surface area contributed by atoms with Crippen LogP contribution in [0, 0.1) is 0 Å². The van der Waals surface area contributed by atoms with Gasteiger partial charge < -0.3 is 0 Å². The molecule has 2 heteroatoms. The smallest absolute Gasteiger partial charge is 0.206 e. The van der Waals surface area contributed by atoms with Gasteiger partial charge in [-0.25, -0.2) is 0 Å². The molecule has 0 spiro atoms. The summed E-state index contributed by atoms with van der Waals surface area (Å²) in [5.41, 5.74) is 0.988. The maximum Gasteiger partial charge on any atom is 0.206 e. The number of halogens is 1. The molecule has 1 nitrogen and oxygen atoms in total. The quantitative estimate of drug-likeness (QED) is 0.736. The van der Waals surface area contributed by atoms with Crippen molar-refractivity contribution in [1.29, 1.82) is 0 Å². The zero-order chi connectivity index (χ0) is 8.27. The first-order valence-corrected chi connectivity index (χ1v) is 4.17. The fourth-order valence-electron chi connectivity index (χ4n) is 0.890. The molecule has 0 aliphatic heterocycles. The van der Waals surface area contributed by atoms with E-state index in [1.165, 1.54) is 0 Å². The third-order valence-electron chi connectivity index (χ3n) is 1.55. The lowest BCUT2D eigenvalue weighted by Gasteiger charge is -2.04. The second-order valence-corrected chi connectivity index (χ2v) is 3.22. The van der Waals surface area contributed by atoms with Crippen LogP contribution < -0.4 is 0 Å². The van der Waals surface area contributed by atoms with E-state index in [9.17, 15) is 4.79 Å². The summed E-state index contributed by atoms with van der Waals surface area (Å²) in [6, 6.07) is 7.67. The number of carbonyl (C=O) groups excluding carboxylic acids is 1. The van der Waals surface area contributed by atoms with Crippen molar-refractivity contribution in [1.82, 2.24) is 0 Å². The summed E-state index contributed by atoms with van der Waals surface area (Å²) in [4.78, 5) is 10.3. The lowest BCUT2D eigenvalue weighted by molar-refractivity contribution is 0.546. The number of hydrogen-bond donors (Lipinski definition) is 0. The molecule has 1 aromatic carbocycles. The lowest BCUT2D eigenvalue weighted by atomic mass is 10.0. The molecule has 1 unspecified atom stereocenters. The van der Waals surface area contributed by atoms with Crippen LogP contribution in [-0.2, 0) is 4.79 Å². The Morgan fingerprint density at radius 2 is 2.09 bits per heavy atom. The van der Waals surface area contributed by atoms with E-state index in [0.717, 1.165) is 10.0 Å². The van der Waals surface area contributed by atoms with Crippen molar-refractivity contribution in [2.24, 2.45) is 0 Å². The Morgan fingerprint density at radius 1 is 1.45 bits per heavy atom. The maximum atomic E-state index is 10.3. The molecule has 0 heterocycles. The van der Waals surface area contributed by atoms with E-state index in [2.05, 4.69) is 15.9 Å². The fraction of sp³-hybridized carbons (Fsp3) is 0.222. The van der Waals surface area contributed by atoms with Crippen molar-refractivity contribution in [3.63, 3.8) is 0 Å². The van der Waals surface area contributed by atoms with E-state index < -0.39 is 0 Å². The molecule has 1 radical (unpaired) electrons. The van der Waals surface area contributed by atoms with Crippen LogP contribution in [0.4, 0.5) is 0 Å². The highest BCUT2D eigenvalue weighted by molar-refractivity contribution is 9.10. The van der Waals surface area contributed by atoms with E-state index in [1.54, 1.807) is 0 Å². The van der Waals surface area contributed by atoms with Crippen LogP contribution in [0.25, 0.3) is 0 Å². The van der Waals surface area contributed by atoms with Gasteiger partial charge in [-0.3, -0.25) is 4.79 Å². The second kappa shape index (κ2) is 3.67. The topological polar surface area (TPSA) is 17.1 Å². The van der Waals surface area contributed by atoms with Gasteiger partial charge in [-0.1, -0.05) is 41.1 Å². The van der Waals surface area contributed by atoms with Crippen LogP contribution >= 0.6 is 15.9 Å². The monoisotopic (exact) mass is 211 g/mol. The number of hydrogen-bond acceptors (Lipinski definition) is 1. The summed E-state index contributed by atoms with van der Waals surface area (Å²) in [5.74, 6) is -0.148. The standard InChI is InChI=1S/C9H8BrO/c1-7(6-11)8-4-2-3-5-9(8)10/h2-5,7H,1H3. The van der Waals surface area contributed by atoms with Crippen molar-refractivity contribution in [3.8, 4) is 0 Å². The third kappa shape index (κ3) is 1.90. The van der Waals surface area contributed by atoms with Gasteiger partial charge in [0, 0.05) is 10.4 Å². The Labute approximate surface area is 74.6 Å². The van der Waals surface area contributed by atoms with E-state index >= 15 is 0 Å². The van der Waals surface area contributed by atoms with Crippen LogP contribution in [0.2, 0.25) is 0 Å². The highest BCUT2D eigenvalue weighted by Gasteiger charge is 2.06. The zero-order valence-corrected chi connectivity index (χ0v) is 7.76. The zero-order valence-electron chi connectivity index (χ0n) is 6.17. The molecule has 0 fully saturated rings. The molecule has 1 atom stereocenters. The molecule has 11 heavy (non-hydrogen) atoms. The van der Waals surface area contributed by atoms with Gasteiger partial charge in [0.2, 0.25) is 6.29 Å². The van der Waals surface area contributed by atoms with Crippen LogP contribution in [0.1, 0.15) is 18.4 Å². The Kier molecular flexibility index (Phi) is 2.83. The maximum absolute atomic E-state index is 10.3. The SMILES string of the molecule is CC([C]=O)c1ccccc1Br. The average molecular weight is 212 g/mol. The van der Waals surface area contributed by atoms with E-state index in [-0.39, 0.29) is 5.92 Å². The predicted octanol–water partition coefficient (Wildman–Crippen LogP) is 2.66. The highest BCUT2D eigenvalue weighted by atomic mass is 79.9. The lowest BCUT2D eigenvalue weighted by Crippen LogP contribution is -1.94. The van der Waals surface area contributed by atoms with Gasteiger partial charge in [0.15, 0.2) is 0 Å². The van der Waals surface area contributed by atoms with Crippen LogP contribution in [0.5, 0.6) is 0 Å². The van der Waals surface area contributed by atoms with Gasteiger partial charge >= 0.3 is 0 Å². The summed E-state index contributed by atoms with van der Waals surface area (Å²) in [6.45, 7) is 1.83. The van der Waals surface area contributed by atoms with Gasteiger partial charge in [-0.15, -0.1) is 0 Å². The summed E-state index contributed by atoms with van der Waals surface area (Å²) in [7, 11) is 0. The Bertz CT molecular complexity index is 257. The van der Waals surface area contributed by atoms with Crippen molar-refractivity contribution < 1.29 is 4.79 Å². The average Bonchev–Trinajstić information content (AvgIpc) is 2.04. The Morgan fingerprint density at radius 3 is 2.64 bits per heavy atom. The molecular formula is C9H8BrO. The largest absolute Gasteiger partial charge is 0.290 e. The molecule has 0 aromatic heterocycles. The predicted molar refractivity (Wildman–Crippen MR) is 48.3 cm³/mol. The molecule has 0 saturated heterocycles. The van der Waals surface area contributed by atoms with Gasteiger partial charge in [0.1, 0.15) is 0 Å². The van der Waals surface area contributed by atoms with E-state index in [1.807, 2.05) is 37.5 Å². The second-order valence-electron chi connectivity index (χ2n) is 2.36. The van der Waals surface area contributed by atoms with Crippen LogP contribution in [-0.4, -0.2) is 6.29 Å². The summed E-state index contributed by atoms with van der Waals surface area (Å²) >= 11 is 3.36. The highest BCUT2D eigenvalue weighted by Crippen LogP contribution is 2.22. The Hall–Kier alpha value is -0.630.